The highest BCUT2D eigenvalue weighted by molar-refractivity contribution is 9.10. The molecule has 23 heteroatoms. The van der Waals surface area contributed by atoms with E-state index < -0.39 is 25.0 Å². The van der Waals surface area contributed by atoms with Gasteiger partial charge in [-0.15, -0.1) is 0 Å². The number of aromatic nitrogens is 3. The molecule has 5 heterocycles. The summed E-state index contributed by atoms with van der Waals surface area (Å²) in [5.41, 5.74) is 7.32. The van der Waals surface area contributed by atoms with Gasteiger partial charge < -0.3 is 25.4 Å². The molecule has 0 aliphatic carbocycles. The molecule has 0 unspecified atom stereocenters. The molecule has 2 amide bonds. The minimum Gasteiger partial charge on any atom is -0.478 e. The molecule has 0 bridgehead atoms. The Morgan fingerprint density at radius 3 is 1.38 bits per heavy atom. The Bertz CT molecular complexity index is 3610. The third-order valence-electron chi connectivity index (χ3n) is 11.2. The van der Waals surface area contributed by atoms with Crippen molar-refractivity contribution in [2.45, 2.75) is 13.1 Å². The summed E-state index contributed by atoms with van der Waals surface area (Å²) in [6.45, 7) is 1.04. The van der Waals surface area contributed by atoms with E-state index in [0.717, 1.165) is 22.3 Å². The van der Waals surface area contributed by atoms with E-state index in [2.05, 4.69) is 30.9 Å². The number of benzene rings is 5. The molecule has 412 valence electrons. The quantitative estimate of drug-likeness (QED) is 0.0236. The molecule has 17 nitrogen and oxygen atoms in total. The first-order chi connectivity index (χ1) is 39.4. The monoisotopic (exact) mass is 1230 g/mol. The number of carboxylic acids is 3. The van der Waals surface area contributed by atoms with Crippen LogP contribution in [-0.2, 0) is 22.7 Å². The number of halogens is 1. The van der Waals surface area contributed by atoms with Crippen molar-refractivity contribution in [2.75, 3.05) is 5.75 Å². The van der Waals surface area contributed by atoms with Crippen molar-refractivity contribution in [2.24, 2.45) is 0 Å². The van der Waals surface area contributed by atoms with Gasteiger partial charge in [-0.3, -0.25) is 29.0 Å². The molecule has 10 rings (SSSR count). The van der Waals surface area contributed by atoms with Crippen LogP contribution in [-0.4, -0.2) is 114 Å². The first-order valence-corrected chi connectivity index (χ1v) is 27.5. The van der Waals surface area contributed by atoms with E-state index in [9.17, 15) is 33.6 Å². The highest BCUT2D eigenvalue weighted by Gasteiger charge is 2.32. The number of hydrogen-bond donors (Lipinski definition) is 5. The molecule has 2 aliphatic heterocycles. The van der Waals surface area contributed by atoms with Crippen LogP contribution in [0.25, 0.3) is 28.6 Å². The molecule has 0 spiro atoms. The Labute approximate surface area is 497 Å². The van der Waals surface area contributed by atoms with Gasteiger partial charge in [-0.2, -0.15) is 0 Å². The minimum atomic E-state index is -1.55. The van der Waals surface area contributed by atoms with Crippen LogP contribution in [0.3, 0.4) is 0 Å². The average Bonchev–Trinajstić information content (AvgIpc) is 4.02. The summed E-state index contributed by atoms with van der Waals surface area (Å²) >= 11 is 16.3. The lowest BCUT2D eigenvalue weighted by Crippen LogP contribution is -2.29. The van der Waals surface area contributed by atoms with Gasteiger partial charge in [0.05, 0.1) is 57.5 Å². The molecule has 0 atom stereocenters. The number of amides is 2. The summed E-state index contributed by atoms with van der Waals surface area (Å²) < 4.78 is 1.90. The SMILES string of the molecule is O=C(O)c1ccc(-c2cccc(/C=C3\SC(=S)N(Cc4ccccc4)C3=O)n2)cc1.O=C(O)c1ccc(B(O)O)cc1.O=C1CSC(=S)N1Cc1ccccc1.O=Cc1cccc(-c2ccc(C(=O)O)cc2)n1.O=Cc1cccc(Br)n1. The number of carboxylic acid groups (broad SMARTS) is 3. The molecular weight excluding hydrogens is 1190 g/mol. The number of hydrogen-bond acceptors (Lipinski definition) is 16. The zero-order chi connectivity index (χ0) is 59.1. The molecule has 3 aromatic heterocycles. The Hall–Kier alpha value is -8.68. The van der Waals surface area contributed by atoms with Crippen molar-refractivity contribution >= 4 is 133 Å². The van der Waals surface area contributed by atoms with Gasteiger partial charge in [-0.05, 0) is 111 Å². The Kier molecular flexibility index (Phi) is 23.9. The summed E-state index contributed by atoms with van der Waals surface area (Å²) in [6.07, 6.45) is 3.12. The predicted octanol–water partition coefficient (Wildman–Crippen LogP) is 9.88. The molecule has 2 fully saturated rings. The Balaban J connectivity index is 0.000000177. The van der Waals surface area contributed by atoms with Crippen LogP contribution in [0.1, 0.15) is 68.9 Å². The lowest BCUT2D eigenvalue weighted by molar-refractivity contribution is -0.124. The van der Waals surface area contributed by atoms with E-state index in [4.69, 9.17) is 49.8 Å². The van der Waals surface area contributed by atoms with Gasteiger partial charge in [0, 0.05) is 11.1 Å². The summed E-state index contributed by atoms with van der Waals surface area (Å²) in [5, 5.41) is 43.6. The molecule has 2 saturated heterocycles. The van der Waals surface area contributed by atoms with Crippen LogP contribution in [0, 0.1) is 0 Å². The largest absolute Gasteiger partial charge is 0.488 e. The third-order valence-corrected chi connectivity index (χ3v) is 14.4. The second-order valence-electron chi connectivity index (χ2n) is 16.9. The van der Waals surface area contributed by atoms with Crippen LogP contribution in [0.4, 0.5) is 0 Å². The van der Waals surface area contributed by atoms with E-state index in [0.29, 0.717) is 78.0 Å². The van der Waals surface area contributed by atoms with Gasteiger partial charge in [0.15, 0.2) is 12.6 Å². The molecule has 2 aliphatic rings. The third kappa shape index (κ3) is 19.0. The van der Waals surface area contributed by atoms with E-state index in [1.807, 2.05) is 78.9 Å². The maximum atomic E-state index is 12.8. The predicted molar refractivity (Wildman–Crippen MR) is 326 cm³/mol. The molecule has 5 aromatic carbocycles. The van der Waals surface area contributed by atoms with E-state index >= 15 is 0 Å². The number of thioether (sulfide) groups is 2. The van der Waals surface area contributed by atoms with Gasteiger partial charge in [-0.25, -0.2) is 29.3 Å². The van der Waals surface area contributed by atoms with Crippen molar-refractivity contribution in [3.63, 3.8) is 0 Å². The molecular formula is C59H45BBrN5O12S4. The first kappa shape index (κ1) is 62.5. The second kappa shape index (κ2) is 31.4. The van der Waals surface area contributed by atoms with Crippen LogP contribution >= 0.6 is 63.9 Å². The topological polar surface area (TPSA) is 266 Å². The average molecular weight is 1240 g/mol. The normalized spacial score (nSPS) is 12.7. The highest BCUT2D eigenvalue weighted by Crippen LogP contribution is 2.34. The van der Waals surface area contributed by atoms with Crippen molar-refractivity contribution in [1.29, 1.82) is 0 Å². The zero-order valence-corrected chi connectivity index (χ0v) is 47.5. The maximum Gasteiger partial charge on any atom is 0.488 e. The van der Waals surface area contributed by atoms with Crippen LogP contribution in [0.2, 0.25) is 0 Å². The smallest absolute Gasteiger partial charge is 0.478 e. The van der Waals surface area contributed by atoms with Gasteiger partial charge in [0.1, 0.15) is 24.6 Å². The maximum absolute atomic E-state index is 12.8. The fraction of sp³-hybridized carbons (Fsp3) is 0.0508. The van der Waals surface area contributed by atoms with Gasteiger partial charge in [0.2, 0.25) is 5.91 Å². The van der Waals surface area contributed by atoms with Gasteiger partial charge in [0.25, 0.3) is 5.91 Å². The lowest BCUT2D eigenvalue weighted by atomic mass is 9.80. The van der Waals surface area contributed by atoms with Crippen LogP contribution in [0.5, 0.6) is 0 Å². The Morgan fingerprint density at radius 2 is 0.963 bits per heavy atom. The van der Waals surface area contributed by atoms with Crippen LogP contribution in [0.15, 0.2) is 198 Å². The molecule has 5 N–H and O–H groups in total. The zero-order valence-electron chi connectivity index (χ0n) is 42.7. The number of carbonyl (C=O) groups is 7. The number of carbonyl (C=O) groups excluding carboxylic acids is 4. The molecule has 0 radical (unpaired) electrons. The summed E-state index contributed by atoms with van der Waals surface area (Å²) in [4.78, 5) is 93.3. The van der Waals surface area contributed by atoms with E-state index in [1.54, 1.807) is 88.7 Å². The number of aldehydes is 2. The number of pyridine rings is 3. The second-order valence-corrected chi connectivity index (χ2v) is 21.0. The fourth-order valence-corrected chi connectivity index (χ4v) is 9.73. The summed E-state index contributed by atoms with van der Waals surface area (Å²) in [5.74, 6) is -2.50. The number of thiocarbonyl (C=S) groups is 2. The fourth-order valence-electron chi connectivity index (χ4n) is 7.06. The highest BCUT2D eigenvalue weighted by atomic mass is 79.9. The van der Waals surface area contributed by atoms with Gasteiger partial charge >= 0.3 is 25.0 Å². The first-order valence-electron chi connectivity index (χ1n) is 24.1. The minimum absolute atomic E-state index is 0.115. The summed E-state index contributed by atoms with van der Waals surface area (Å²) in [6, 6.07) is 53.6. The number of nitrogens with zero attached hydrogens (tertiary/aromatic N) is 5. The van der Waals surface area contributed by atoms with E-state index in [1.165, 1.54) is 59.9 Å². The number of rotatable bonds is 13. The van der Waals surface area contributed by atoms with Crippen molar-refractivity contribution in [3.05, 3.63) is 242 Å². The lowest BCUT2D eigenvalue weighted by Gasteiger charge is -2.14. The molecule has 0 saturated carbocycles. The Morgan fingerprint density at radius 1 is 0.537 bits per heavy atom. The summed E-state index contributed by atoms with van der Waals surface area (Å²) in [7, 11) is -1.55. The molecule has 8 aromatic rings. The molecule has 82 heavy (non-hydrogen) atoms. The van der Waals surface area contributed by atoms with E-state index in [-0.39, 0.29) is 34.0 Å². The standard InChI is InChI=1S/C23H16N2O3S2.C13H9NO3.C10H9NOS2.C7H7BO4.C6H4BrNO/c26-21-20(30-23(29)25(21)14-15-5-2-1-3-6-15)13-18-7-4-8-19(24-18)16-9-11-17(12-10-16)22(27)28;15-8-11-2-1-3-12(14-11)9-4-6-10(7-5-9)13(16)17;12-9-7-14-10(13)11(9)6-8-4-2-1-3-5-8;9-7(10)5-1-3-6(4-2-5)8(11)12;7-6-3-1-2-5(4-9)8-6/h1-13H,14H2,(H,27,28);1-8H,(H,16,17);1-5H,6-7H2;1-4,11-12H,(H,9,10);1-4H/b20-13-;;;;. The van der Waals surface area contributed by atoms with Gasteiger partial charge in [-0.1, -0.05) is 163 Å². The number of aromatic carboxylic acids is 3. The van der Waals surface area contributed by atoms with Crippen molar-refractivity contribution in [3.8, 4) is 22.5 Å². The van der Waals surface area contributed by atoms with Crippen molar-refractivity contribution in [1.82, 2.24) is 24.8 Å². The van der Waals surface area contributed by atoms with Crippen molar-refractivity contribution < 1.29 is 58.9 Å². The van der Waals surface area contributed by atoms with Crippen LogP contribution < -0.4 is 5.46 Å².